The van der Waals surface area contributed by atoms with Gasteiger partial charge in [-0.1, -0.05) is 48.5 Å². The molecule has 3 aromatic rings. The number of aryl methyl sites for hydroxylation is 2. The van der Waals surface area contributed by atoms with Gasteiger partial charge < -0.3 is 9.88 Å². The van der Waals surface area contributed by atoms with E-state index in [0.717, 1.165) is 12.8 Å². The number of aromatic nitrogens is 1. The number of benzene rings is 2. The molecule has 1 amide bonds. The van der Waals surface area contributed by atoms with E-state index in [2.05, 4.69) is 40.3 Å². The lowest BCUT2D eigenvalue weighted by Crippen LogP contribution is -2.25. The normalized spacial score (nSPS) is 10.8. The van der Waals surface area contributed by atoms with Gasteiger partial charge in [-0.3, -0.25) is 4.79 Å². The van der Waals surface area contributed by atoms with Crippen LogP contribution in [-0.2, 0) is 24.7 Å². The second kappa shape index (κ2) is 7.14. The average Bonchev–Trinajstić information content (AvgIpc) is 2.91. The van der Waals surface area contributed by atoms with Gasteiger partial charge in [0.25, 0.3) is 0 Å². The summed E-state index contributed by atoms with van der Waals surface area (Å²) >= 11 is 0. The van der Waals surface area contributed by atoms with Gasteiger partial charge in [0, 0.05) is 37.1 Å². The molecule has 3 nitrogen and oxygen atoms in total. The van der Waals surface area contributed by atoms with Crippen LogP contribution in [0.1, 0.15) is 17.5 Å². The summed E-state index contributed by atoms with van der Waals surface area (Å²) in [4.78, 5) is 12.0. The number of hydrogen-bond acceptors (Lipinski definition) is 1. The first-order chi connectivity index (χ1) is 11.2. The minimum Gasteiger partial charge on any atom is -0.356 e. The van der Waals surface area contributed by atoms with Crippen LogP contribution in [0.3, 0.4) is 0 Å². The van der Waals surface area contributed by atoms with Gasteiger partial charge in [0.15, 0.2) is 0 Å². The molecule has 0 saturated carbocycles. The van der Waals surface area contributed by atoms with E-state index in [9.17, 15) is 4.79 Å². The van der Waals surface area contributed by atoms with Crippen molar-refractivity contribution in [1.29, 1.82) is 0 Å². The number of nitrogens with one attached hydrogen (secondary N) is 1. The summed E-state index contributed by atoms with van der Waals surface area (Å²) in [5.74, 6) is 0.119. The first kappa shape index (κ1) is 15.3. The quantitative estimate of drug-likeness (QED) is 0.743. The van der Waals surface area contributed by atoms with Gasteiger partial charge >= 0.3 is 0 Å². The maximum atomic E-state index is 12.0. The second-order valence-electron chi connectivity index (χ2n) is 5.87. The van der Waals surface area contributed by atoms with Crippen molar-refractivity contribution in [3.05, 3.63) is 71.9 Å². The van der Waals surface area contributed by atoms with Gasteiger partial charge in [-0.05, 0) is 30.0 Å². The van der Waals surface area contributed by atoms with E-state index < -0.39 is 0 Å². The molecule has 3 rings (SSSR count). The van der Waals surface area contributed by atoms with Gasteiger partial charge in [0.1, 0.15) is 0 Å². The van der Waals surface area contributed by atoms with Crippen LogP contribution < -0.4 is 5.32 Å². The average molecular weight is 306 g/mol. The number of fused-ring (bicyclic) bond motifs is 1. The molecule has 2 aromatic carbocycles. The molecule has 1 aromatic heterocycles. The molecule has 1 N–H and O–H groups in total. The minimum absolute atomic E-state index is 0.119. The highest BCUT2D eigenvalue weighted by atomic mass is 16.1. The first-order valence-corrected chi connectivity index (χ1v) is 8.07. The Balaban J connectivity index is 1.50. The van der Waals surface area contributed by atoms with Gasteiger partial charge in [0.2, 0.25) is 5.91 Å². The molecule has 0 fully saturated rings. The van der Waals surface area contributed by atoms with Crippen molar-refractivity contribution in [2.75, 3.05) is 6.54 Å². The molecule has 0 aliphatic carbocycles. The maximum absolute atomic E-state index is 12.0. The topological polar surface area (TPSA) is 34.0 Å². The van der Waals surface area contributed by atoms with Gasteiger partial charge in [-0.25, -0.2) is 0 Å². The standard InChI is InChI=1S/C20H22N2O/c1-22-15-17(18-9-5-6-10-19(18)22)11-12-20(23)21-14-13-16-7-3-2-4-8-16/h2-10,15H,11-14H2,1H3,(H,21,23). The Morgan fingerprint density at radius 1 is 1.00 bits per heavy atom. The van der Waals surface area contributed by atoms with Crippen molar-refractivity contribution in [3.8, 4) is 0 Å². The third kappa shape index (κ3) is 3.81. The molecule has 3 heteroatoms. The van der Waals surface area contributed by atoms with Gasteiger partial charge in [0.05, 0.1) is 0 Å². The predicted molar refractivity (Wildman–Crippen MR) is 94.4 cm³/mol. The lowest BCUT2D eigenvalue weighted by molar-refractivity contribution is -0.121. The highest BCUT2D eigenvalue weighted by Crippen LogP contribution is 2.21. The van der Waals surface area contributed by atoms with Crippen LogP contribution in [0.2, 0.25) is 0 Å². The summed E-state index contributed by atoms with van der Waals surface area (Å²) in [7, 11) is 2.05. The Hall–Kier alpha value is -2.55. The van der Waals surface area contributed by atoms with E-state index in [-0.39, 0.29) is 5.91 Å². The molecule has 0 unspecified atom stereocenters. The Morgan fingerprint density at radius 3 is 2.57 bits per heavy atom. The Kier molecular flexibility index (Phi) is 4.77. The van der Waals surface area contributed by atoms with Gasteiger partial charge in [-0.15, -0.1) is 0 Å². The lowest BCUT2D eigenvalue weighted by atomic mass is 10.1. The zero-order chi connectivity index (χ0) is 16.1. The number of carbonyl (C=O) groups excluding carboxylic acids is 1. The van der Waals surface area contributed by atoms with Crippen molar-refractivity contribution in [2.45, 2.75) is 19.3 Å². The monoisotopic (exact) mass is 306 g/mol. The number of carbonyl (C=O) groups is 1. The van der Waals surface area contributed by atoms with Crippen LogP contribution in [0.25, 0.3) is 10.9 Å². The zero-order valence-corrected chi connectivity index (χ0v) is 13.5. The molecule has 0 radical (unpaired) electrons. The smallest absolute Gasteiger partial charge is 0.220 e. The number of nitrogens with zero attached hydrogens (tertiary/aromatic N) is 1. The molecule has 0 bridgehead atoms. The summed E-state index contributed by atoms with van der Waals surface area (Å²) in [5.41, 5.74) is 3.70. The number of rotatable bonds is 6. The predicted octanol–water partition coefficient (Wildman–Crippen LogP) is 3.47. The maximum Gasteiger partial charge on any atom is 0.220 e. The van der Waals surface area contributed by atoms with E-state index in [4.69, 9.17) is 0 Å². The Morgan fingerprint density at radius 2 is 1.74 bits per heavy atom. The fraction of sp³-hybridized carbons (Fsp3) is 0.250. The molecular formula is C20H22N2O. The van der Waals surface area contributed by atoms with Crippen LogP contribution in [-0.4, -0.2) is 17.0 Å². The van der Waals surface area contributed by atoms with Crippen LogP contribution in [0.4, 0.5) is 0 Å². The van der Waals surface area contributed by atoms with Crippen molar-refractivity contribution in [3.63, 3.8) is 0 Å². The summed E-state index contributed by atoms with van der Waals surface area (Å²) in [6.07, 6.45) is 4.31. The number of hydrogen-bond donors (Lipinski definition) is 1. The van der Waals surface area contributed by atoms with Crippen molar-refractivity contribution >= 4 is 16.8 Å². The van der Waals surface area contributed by atoms with E-state index in [0.29, 0.717) is 13.0 Å². The second-order valence-corrected chi connectivity index (χ2v) is 5.87. The first-order valence-electron chi connectivity index (χ1n) is 8.07. The minimum atomic E-state index is 0.119. The summed E-state index contributed by atoms with van der Waals surface area (Å²) in [5, 5.41) is 4.25. The van der Waals surface area contributed by atoms with Gasteiger partial charge in [-0.2, -0.15) is 0 Å². The molecule has 0 spiro atoms. The third-order valence-electron chi connectivity index (χ3n) is 4.18. The highest BCUT2D eigenvalue weighted by molar-refractivity contribution is 5.84. The molecule has 1 heterocycles. The largest absolute Gasteiger partial charge is 0.356 e. The fourth-order valence-electron chi connectivity index (χ4n) is 2.95. The Labute approximate surface area is 136 Å². The van der Waals surface area contributed by atoms with Crippen molar-refractivity contribution < 1.29 is 4.79 Å². The molecule has 0 aliphatic rings. The Bertz CT molecular complexity index is 790. The van der Waals surface area contributed by atoms with Crippen LogP contribution >= 0.6 is 0 Å². The molecule has 0 aliphatic heterocycles. The number of para-hydroxylation sites is 1. The summed E-state index contributed by atoms with van der Waals surface area (Å²) in [6.45, 7) is 0.693. The lowest BCUT2D eigenvalue weighted by Gasteiger charge is -2.05. The van der Waals surface area contributed by atoms with E-state index >= 15 is 0 Å². The molecule has 23 heavy (non-hydrogen) atoms. The molecule has 0 saturated heterocycles. The van der Waals surface area contributed by atoms with E-state index in [1.54, 1.807) is 0 Å². The van der Waals surface area contributed by atoms with Crippen LogP contribution in [0, 0.1) is 0 Å². The molecule has 118 valence electrons. The van der Waals surface area contributed by atoms with Crippen LogP contribution in [0.15, 0.2) is 60.8 Å². The third-order valence-corrected chi connectivity index (χ3v) is 4.18. The summed E-state index contributed by atoms with van der Waals surface area (Å²) in [6, 6.07) is 18.6. The summed E-state index contributed by atoms with van der Waals surface area (Å²) < 4.78 is 2.12. The van der Waals surface area contributed by atoms with Crippen LogP contribution in [0.5, 0.6) is 0 Å². The molecular weight excluding hydrogens is 284 g/mol. The molecule has 0 atom stereocenters. The highest BCUT2D eigenvalue weighted by Gasteiger charge is 2.08. The SMILES string of the molecule is Cn1cc(CCC(=O)NCCc2ccccc2)c2ccccc21. The van der Waals surface area contributed by atoms with E-state index in [1.807, 2.05) is 37.4 Å². The van der Waals surface area contributed by atoms with E-state index in [1.165, 1.54) is 22.0 Å². The van der Waals surface area contributed by atoms with Crippen molar-refractivity contribution in [1.82, 2.24) is 9.88 Å². The number of amides is 1. The fourth-order valence-corrected chi connectivity index (χ4v) is 2.95. The van der Waals surface area contributed by atoms with Crippen molar-refractivity contribution in [2.24, 2.45) is 7.05 Å². The zero-order valence-electron chi connectivity index (χ0n) is 13.5.